The predicted octanol–water partition coefficient (Wildman–Crippen LogP) is 3.30. The summed E-state index contributed by atoms with van der Waals surface area (Å²) in [6, 6.07) is 2.41. The molecule has 1 heterocycles. The van der Waals surface area contributed by atoms with Crippen molar-refractivity contribution < 1.29 is 8.78 Å². The molecule has 1 aliphatic carbocycles. The molecule has 1 fully saturated rings. The third kappa shape index (κ3) is 4.42. The molecule has 0 spiro atoms. The molecule has 6 heteroatoms. The zero-order chi connectivity index (χ0) is 13.7. The van der Waals surface area contributed by atoms with Crippen LogP contribution in [0.4, 0.5) is 8.78 Å². The highest BCUT2D eigenvalue weighted by Crippen LogP contribution is 2.28. The first-order valence-corrected chi connectivity index (χ1v) is 7.33. The van der Waals surface area contributed by atoms with Gasteiger partial charge in [0.15, 0.2) is 0 Å². The lowest BCUT2D eigenvalue weighted by Crippen LogP contribution is -2.30. The summed E-state index contributed by atoms with van der Waals surface area (Å²) in [7, 11) is 0. The molecule has 1 aliphatic rings. The molecule has 0 aliphatic heterocycles. The van der Waals surface area contributed by atoms with Crippen LogP contribution in [-0.4, -0.2) is 40.1 Å². The number of hydrogen-bond acceptors (Lipinski definition) is 2. The lowest BCUT2D eigenvalue weighted by molar-refractivity contribution is 0.0871. The number of rotatable bonds is 7. The van der Waals surface area contributed by atoms with Crippen LogP contribution in [0.3, 0.4) is 0 Å². The van der Waals surface area contributed by atoms with Crippen LogP contribution in [0.15, 0.2) is 12.3 Å². The van der Waals surface area contributed by atoms with Crippen molar-refractivity contribution in [3.8, 4) is 0 Å². The summed E-state index contributed by atoms with van der Waals surface area (Å²) >= 11 is 5.64. The second-order valence-corrected chi connectivity index (χ2v) is 5.42. The Morgan fingerprint density at radius 1 is 1.42 bits per heavy atom. The molecule has 19 heavy (non-hydrogen) atoms. The standard InChI is InChI=1S/C13H20ClF2N3/c14-6-8-18(10-13(15)16)9-11-5-7-19(17-11)12-3-1-2-4-12/h5,7,12-13H,1-4,6,8-10H2. The lowest BCUT2D eigenvalue weighted by atomic mass is 10.3. The SMILES string of the molecule is FC(F)CN(CCCl)Cc1ccn(C2CCCC2)n1. The number of alkyl halides is 3. The van der Waals surface area contributed by atoms with Gasteiger partial charge in [-0.25, -0.2) is 8.78 Å². The quantitative estimate of drug-likeness (QED) is 0.719. The van der Waals surface area contributed by atoms with Crippen molar-refractivity contribution in [2.75, 3.05) is 19.0 Å². The van der Waals surface area contributed by atoms with Gasteiger partial charge in [-0.3, -0.25) is 9.58 Å². The fourth-order valence-corrected chi connectivity index (χ4v) is 2.85. The normalized spacial score (nSPS) is 16.9. The maximum absolute atomic E-state index is 12.5. The van der Waals surface area contributed by atoms with E-state index in [0.717, 1.165) is 5.69 Å². The third-order valence-corrected chi connectivity index (χ3v) is 3.71. The molecule has 0 saturated heterocycles. The molecule has 0 atom stereocenters. The monoisotopic (exact) mass is 291 g/mol. The van der Waals surface area contributed by atoms with E-state index < -0.39 is 6.43 Å². The second kappa shape index (κ2) is 7.20. The van der Waals surface area contributed by atoms with Crippen molar-refractivity contribution in [2.45, 2.75) is 44.7 Å². The van der Waals surface area contributed by atoms with Crippen molar-refractivity contribution in [3.63, 3.8) is 0 Å². The summed E-state index contributed by atoms with van der Waals surface area (Å²) in [6.45, 7) is 0.655. The van der Waals surface area contributed by atoms with Gasteiger partial charge in [0.05, 0.1) is 18.3 Å². The topological polar surface area (TPSA) is 21.1 Å². The molecule has 1 saturated carbocycles. The number of halogens is 3. The third-order valence-electron chi connectivity index (χ3n) is 3.54. The Bertz CT molecular complexity index is 378. The molecule has 3 nitrogen and oxygen atoms in total. The Morgan fingerprint density at radius 3 is 2.79 bits per heavy atom. The minimum Gasteiger partial charge on any atom is -0.291 e. The molecule has 1 aromatic rings. The van der Waals surface area contributed by atoms with Crippen LogP contribution < -0.4 is 0 Å². The van der Waals surface area contributed by atoms with Gasteiger partial charge in [-0.2, -0.15) is 5.10 Å². The molecule has 2 rings (SSSR count). The van der Waals surface area contributed by atoms with E-state index in [1.54, 1.807) is 4.90 Å². The van der Waals surface area contributed by atoms with Crippen molar-refractivity contribution >= 4 is 11.6 Å². The Morgan fingerprint density at radius 2 is 2.16 bits per heavy atom. The summed E-state index contributed by atoms with van der Waals surface area (Å²) in [5.41, 5.74) is 0.845. The molecule has 1 aromatic heterocycles. The first-order valence-electron chi connectivity index (χ1n) is 6.79. The summed E-state index contributed by atoms with van der Waals surface area (Å²) < 4.78 is 26.9. The average Bonchev–Trinajstić information content (AvgIpc) is 2.97. The van der Waals surface area contributed by atoms with Gasteiger partial charge in [-0.15, -0.1) is 11.6 Å². The van der Waals surface area contributed by atoms with Crippen LogP contribution in [0.25, 0.3) is 0 Å². The fraction of sp³-hybridized carbons (Fsp3) is 0.769. The zero-order valence-corrected chi connectivity index (χ0v) is 11.7. The van der Waals surface area contributed by atoms with E-state index in [0.29, 0.717) is 25.0 Å². The van der Waals surface area contributed by atoms with Gasteiger partial charge < -0.3 is 0 Å². The van der Waals surface area contributed by atoms with E-state index in [4.69, 9.17) is 11.6 Å². The predicted molar refractivity (Wildman–Crippen MR) is 71.7 cm³/mol. The molecule has 0 aromatic carbocycles. The van der Waals surface area contributed by atoms with E-state index in [1.807, 2.05) is 16.9 Å². The Hall–Kier alpha value is -0.680. The summed E-state index contributed by atoms with van der Waals surface area (Å²) in [6.07, 6.45) is 4.48. The summed E-state index contributed by atoms with van der Waals surface area (Å²) in [4.78, 5) is 1.65. The largest absolute Gasteiger partial charge is 0.291 e. The summed E-state index contributed by atoms with van der Waals surface area (Å²) in [5.74, 6) is 0.357. The molecular weight excluding hydrogens is 272 g/mol. The van der Waals surface area contributed by atoms with E-state index in [2.05, 4.69) is 5.10 Å². The van der Waals surface area contributed by atoms with Crippen LogP contribution in [0.5, 0.6) is 0 Å². The smallest absolute Gasteiger partial charge is 0.251 e. The first-order chi connectivity index (χ1) is 9.19. The Kier molecular flexibility index (Phi) is 5.58. The highest BCUT2D eigenvalue weighted by molar-refractivity contribution is 6.18. The van der Waals surface area contributed by atoms with Gasteiger partial charge in [0.1, 0.15) is 0 Å². The van der Waals surface area contributed by atoms with E-state index in [9.17, 15) is 8.78 Å². The molecule has 0 N–H and O–H groups in total. The molecule has 0 bridgehead atoms. The van der Waals surface area contributed by atoms with E-state index in [1.165, 1.54) is 25.7 Å². The zero-order valence-electron chi connectivity index (χ0n) is 10.9. The van der Waals surface area contributed by atoms with Crippen LogP contribution in [0, 0.1) is 0 Å². The fourth-order valence-electron chi connectivity index (χ4n) is 2.61. The van der Waals surface area contributed by atoms with Crippen LogP contribution in [-0.2, 0) is 6.54 Å². The van der Waals surface area contributed by atoms with Gasteiger partial charge in [0.2, 0.25) is 0 Å². The minimum atomic E-state index is -2.33. The van der Waals surface area contributed by atoms with Gasteiger partial charge in [-0.05, 0) is 18.9 Å². The van der Waals surface area contributed by atoms with Crippen molar-refractivity contribution in [2.24, 2.45) is 0 Å². The van der Waals surface area contributed by atoms with Crippen LogP contribution in [0.2, 0.25) is 0 Å². The van der Waals surface area contributed by atoms with Crippen molar-refractivity contribution in [1.29, 1.82) is 0 Å². The highest BCUT2D eigenvalue weighted by Gasteiger charge is 2.18. The molecule has 0 radical (unpaired) electrons. The van der Waals surface area contributed by atoms with E-state index >= 15 is 0 Å². The Balaban J connectivity index is 1.92. The first kappa shape index (κ1) is 14.7. The average molecular weight is 292 g/mol. The molecule has 108 valence electrons. The van der Waals surface area contributed by atoms with E-state index in [-0.39, 0.29) is 6.54 Å². The number of hydrogen-bond donors (Lipinski definition) is 0. The summed E-state index contributed by atoms with van der Waals surface area (Å²) in [5, 5.41) is 4.51. The van der Waals surface area contributed by atoms with Crippen LogP contribution >= 0.6 is 11.6 Å². The minimum absolute atomic E-state index is 0.247. The van der Waals surface area contributed by atoms with Gasteiger partial charge in [0, 0.05) is 25.2 Å². The Labute approximate surface area is 117 Å². The maximum Gasteiger partial charge on any atom is 0.251 e. The number of nitrogens with zero attached hydrogens (tertiary/aromatic N) is 3. The lowest BCUT2D eigenvalue weighted by Gasteiger charge is -2.19. The maximum atomic E-state index is 12.5. The van der Waals surface area contributed by atoms with Gasteiger partial charge in [-0.1, -0.05) is 12.8 Å². The number of aromatic nitrogens is 2. The second-order valence-electron chi connectivity index (χ2n) is 5.04. The highest BCUT2D eigenvalue weighted by atomic mass is 35.5. The van der Waals surface area contributed by atoms with Crippen molar-refractivity contribution in [3.05, 3.63) is 18.0 Å². The molecule has 0 amide bonds. The molecular formula is C13H20ClF2N3. The van der Waals surface area contributed by atoms with Gasteiger partial charge in [0.25, 0.3) is 6.43 Å². The van der Waals surface area contributed by atoms with Crippen molar-refractivity contribution in [1.82, 2.24) is 14.7 Å². The molecule has 0 unspecified atom stereocenters. The van der Waals surface area contributed by atoms with Gasteiger partial charge >= 0.3 is 0 Å². The van der Waals surface area contributed by atoms with Crippen LogP contribution in [0.1, 0.15) is 37.4 Å².